The van der Waals surface area contributed by atoms with Gasteiger partial charge in [-0.25, -0.2) is 13.1 Å². The molecule has 31 heavy (non-hydrogen) atoms. The molecule has 0 bridgehead atoms. The maximum absolute atomic E-state index is 11.8. The molecule has 3 aliphatic rings. The smallest absolute Gasteiger partial charge is 0.213 e. The van der Waals surface area contributed by atoms with Gasteiger partial charge in [0.2, 0.25) is 10.0 Å². The fourth-order valence-electron chi connectivity index (χ4n) is 5.37. The van der Waals surface area contributed by atoms with Gasteiger partial charge in [-0.05, 0) is 42.6 Å². The molecule has 1 aromatic rings. The quantitative estimate of drug-likeness (QED) is 0.515. The van der Waals surface area contributed by atoms with Crippen LogP contribution in [0.5, 0.6) is 0 Å². The average molecular weight is 448 g/mol. The van der Waals surface area contributed by atoms with E-state index < -0.39 is 10.0 Å². The zero-order chi connectivity index (χ0) is 21.9. The summed E-state index contributed by atoms with van der Waals surface area (Å²) in [6, 6.07) is 11.9. The molecule has 1 aromatic carbocycles. The zero-order valence-corrected chi connectivity index (χ0v) is 19.7. The summed E-state index contributed by atoms with van der Waals surface area (Å²) in [7, 11) is -1.69. The van der Waals surface area contributed by atoms with Crippen molar-refractivity contribution in [3.8, 4) is 0 Å². The number of benzene rings is 1. The van der Waals surface area contributed by atoms with Crippen LogP contribution in [0.1, 0.15) is 38.2 Å². The molecule has 2 N–H and O–H groups in total. The lowest BCUT2D eigenvalue weighted by atomic mass is 9.60. The molecule has 0 amide bonds. The molecule has 0 unspecified atom stereocenters. The molecule has 1 saturated heterocycles. The van der Waals surface area contributed by atoms with E-state index in [1.165, 1.54) is 31.9 Å². The van der Waals surface area contributed by atoms with Gasteiger partial charge in [-0.15, -0.1) is 0 Å². The normalized spacial score (nSPS) is 25.9. The minimum atomic E-state index is -3.21. The molecule has 2 aliphatic carbocycles. The summed E-state index contributed by atoms with van der Waals surface area (Å²) in [6.07, 6.45) is 7.29. The second-order valence-electron chi connectivity index (χ2n) is 9.62. The van der Waals surface area contributed by atoms with E-state index in [0.29, 0.717) is 30.0 Å². The Balaban J connectivity index is 1.12. The van der Waals surface area contributed by atoms with Gasteiger partial charge in [0.1, 0.15) is 0 Å². The Kier molecular flexibility index (Phi) is 7.18. The van der Waals surface area contributed by atoms with Crippen molar-refractivity contribution in [3.63, 3.8) is 0 Å². The molecule has 6 nitrogen and oxygen atoms in total. The van der Waals surface area contributed by atoms with Gasteiger partial charge >= 0.3 is 0 Å². The Hall–Kier alpha value is -1.25. The molecule has 0 radical (unpaired) electrons. The van der Waals surface area contributed by atoms with Gasteiger partial charge in [-0.3, -0.25) is 0 Å². The Morgan fingerprint density at radius 1 is 1.26 bits per heavy atom. The van der Waals surface area contributed by atoms with E-state index in [-0.39, 0.29) is 12.4 Å². The fourth-order valence-corrected chi connectivity index (χ4v) is 6.31. The van der Waals surface area contributed by atoms with Crippen LogP contribution in [-0.4, -0.2) is 71.0 Å². The highest BCUT2D eigenvalue weighted by Gasteiger charge is 2.53. The Morgan fingerprint density at radius 2 is 2.00 bits per heavy atom. The monoisotopic (exact) mass is 447 g/mol. The lowest BCUT2D eigenvalue weighted by molar-refractivity contribution is -0.0775. The molecular weight excluding hydrogens is 410 g/mol. The van der Waals surface area contributed by atoms with Gasteiger partial charge < -0.3 is 15.0 Å². The van der Waals surface area contributed by atoms with E-state index in [1.807, 2.05) is 0 Å². The Labute approximate surface area is 187 Å². The number of rotatable bonds is 12. The van der Waals surface area contributed by atoms with Crippen molar-refractivity contribution in [2.45, 2.75) is 44.7 Å². The lowest BCUT2D eigenvalue weighted by Crippen LogP contribution is -2.66. The minimum Gasteiger partial charge on any atom is -0.384 e. The summed E-state index contributed by atoms with van der Waals surface area (Å²) in [5.41, 5.74) is 3.36. The van der Waals surface area contributed by atoms with Gasteiger partial charge in [0.05, 0.1) is 12.4 Å². The van der Waals surface area contributed by atoms with Crippen LogP contribution >= 0.6 is 0 Å². The number of hydrogen-bond donors (Lipinski definition) is 2. The maximum Gasteiger partial charge on any atom is 0.213 e. The number of sulfonamides is 1. The first-order valence-corrected chi connectivity index (χ1v) is 13.3. The molecule has 2 atom stereocenters. The van der Waals surface area contributed by atoms with Crippen LogP contribution in [0.2, 0.25) is 0 Å². The van der Waals surface area contributed by atoms with Crippen molar-refractivity contribution >= 4 is 16.1 Å². The van der Waals surface area contributed by atoms with Crippen LogP contribution < -0.4 is 10.0 Å². The fraction of sp³-hybridized carbons (Fsp3) is 0.667. The summed E-state index contributed by atoms with van der Waals surface area (Å²) >= 11 is 0. The molecule has 2 saturated carbocycles. The summed E-state index contributed by atoms with van der Waals surface area (Å²) in [5, 5.41) is 3.90. The van der Waals surface area contributed by atoms with Crippen molar-refractivity contribution in [2.24, 2.45) is 11.3 Å². The Morgan fingerprint density at radius 3 is 2.68 bits per heavy atom. The minimum absolute atomic E-state index is 0.0310. The van der Waals surface area contributed by atoms with Gasteiger partial charge in [-0.1, -0.05) is 48.9 Å². The van der Waals surface area contributed by atoms with E-state index in [4.69, 9.17) is 4.74 Å². The van der Waals surface area contributed by atoms with Crippen LogP contribution in [0.15, 0.2) is 35.9 Å². The third-order valence-electron chi connectivity index (χ3n) is 7.06. The molecule has 7 heteroatoms. The second-order valence-corrected chi connectivity index (χ2v) is 11.5. The summed E-state index contributed by atoms with van der Waals surface area (Å²) < 4.78 is 31.1. The molecule has 1 spiro atoms. The first kappa shape index (κ1) is 22.9. The SMILES string of the molecule is CC/C(=C\c1ccccc1)[C@H]1C[C@@H]1NC1CC2(C1)CN(CCNS(=O)(=O)CCOC)C2. The third-order valence-corrected chi connectivity index (χ3v) is 8.41. The molecule has 0 aromatic heterocycles. The second kappa shape index (κ2) is 9.71. The van der Waals surface area contributed by atoms with Gasteiger partial charge in [0, 0.05) is 45.4 Å². The summed E-state index contributed by atoms with van der Waals surface area (Å²) in [5.74, 6) is 0.731. The van der Waals surface area contributed by atoms with Crippen LogP contribution in [0.25, 0.3) is 6.08 Å². The Bertz CT molecular complexity index is 857. The largest absolute Gasteiger partial charge is 0.384 e. The van der Waals surface area contributed by atoms with E-state index >= 15 is 0 Å². The van der Waals surface area contributed by atoms with Crippen molar-refractivity contribution in [1.29, 1.82) is 0 Å². The van der Waals surface area contributed by atoms with E-state index in [2.05, 4.69) is 58.3 Å². The van der Waals surface area contributed by atoms with Crippen LogP contribution in [-0.2, 0) is 14.8 Å². The first-order valence-electron chi connectivity index (χ1n) is 11.6. The third kappa shape index (κ3) is 5.96. The molecule has 1 heterocycles. The standard InChI is InChI=1S/C24H37N3O3S/c1-3-20(13-19-7-5-4-6-8-19)22-14-23(22)26-21-15-24(16-21)17-27(18-24)10-9-25-31(28,29)12-11-30-2/h4-8,13,21-23,25-26H,3,9-12,14-18H2,1-2H3/b20-13+/t22-,23+/m1/s1. The number of likely N-dealkylation sites (tertiary alicyclic amines) is 1. The average Bonchev–Trinajstić information content (AvgIpc) is 3.46. The van der Waals surface area contributed by atoms with E-state index in [1.54, 1.807) is 5.57 Å². The summed E-state index contributed by atoms with van der Waals surface area (Å²) in [4.78, 5) is 2.37. The number of nitrogens with one attached hydrogen (secondary N) is 2. The number of nitrogens with zero attached hydrogens (tertiary/aromatic N) is 1. The van der Waals surface area contributed by atoms with Crippen LogP contribution in [0, 0.1) is 11.3 Å². The highest BCUT2D eigenvalue weighted by atomic mass is 32.2. The number of ether oxygens (including phenoxy) is 1. The van der Waals surface area contributed by atoms with Gasteiger partial charge in [0.15, 0.2) is 0 Å². The van der Waals surface area contributed by atoms with Crippen molar-refractivity contribution < 1.29 is 13.2 Å². The topological polar surface area (TPSA) is 70.7 Å². The predicted octanol–water partition coefficient (Wildman–Crippen LogP) is 2.49. The molecule has 4 rings (SSSR count). The van der Waals surface area contributed by atoms with Gasteiger partial charge in [0.25, 0.3) is 0 Å². The van der Waals surface area contributed by atoms with Crippen LogP contribution in [0.4, 0.5) is 0 Å². The maximum atomic E-state index is 11.8. The van der Waals surface area contributed by atoms with E-state index in [9.17, 15) is 8.42 Å². The van der Waals surface area contributed by atoms with Crippen molar-refractivity contribution in [1.82, 2.24) is 14.9 Å². The van der Waals surface area contributed by atoms with Crippen molar-refractivity contribution in [3.05, 3.63) is 41.5 Å². The highest BCUT2D eigenvalue weighted by molar-refractivity contribution is 7.89. The van der Waals surface area contributed by atoms with Crippen LogP contribution in [0.3, 0.4) is 0 Å². The highest BCUT2D eigenvalue weighted by Crippen LogP contribution is 2.50. The molecule has 3 fully saturated rings. The van der Waals surface area contributed by atoms with Crippen molar-refractivity contribution in [2.75, 3.05) is 45.6 Å². The zero-order valence-electron chi connectivity index (χ0n) is 18.8. The molecule has 1 aliphatic heterocycles. The predicted molar refractivity (Wildman–Crippen MR) is 125 cm³/mol. The summed E-state index contributed by atoms with van der Waals surface area (Å²) in [6.45, 7) is 5.99. The molecule has 172 valence electrons. The lowest BCUT2D eigenvalue weighted by Gasteiger charge is -2.59. The first-order chi connectivity index (χ1) is 14.9. The molecular formula is C24H37N3O3S. The number of hydrogen-bond acceptors (Lipinski definition) is 5. The van der Waals surface area contributed by atoms with Gasteiger partial charge in [-0.2, -0.15) is 0 Å². The van der Waals surface area contributed by atoms with E-state index in [0.717, 1.165) is 26.1 Å². The number of methoxy groups -OCH3 is 1.